The number of amides is 1. The molecule has 0 unspecified atom stereocenters. The van der Waals surface area contributed by atoms with Gasteiger partial charge in [0.2, 0.25) is 5.91 Å². The zero-order chi connectivity index (χ0) is 16.5. The van der Waals surface area contributed by atoms with E-state index in [0.717, 1.165) is 44.6 Å². The van der Waals surface area contributed by atoms with Gasteiger partial charge in [-0.05, 0) is 31.4 Å². The molecular weight excluding hydrogens is 290 g/mol. The van der Waals surface area contributed by atoms with E-state index in [4.69, 9.17) is 4.74 Å². The molecule has 0 aromatic heterocycles. The van der Waals surface area contributed by atoms with Gasteiger partial charge in [-0.3, -0.25) is 9.69 Å². The molecule has 128 valence electrons. The van der Waals surface area contributed by atoms with Crippen molar-refractivity contribution in [3.05, 3.63) is 30.3 Å². The van der Waals surface area contributed by atoms with E-state index in [1.54, 1.807) is 7.11 Å². The van der Waals surface area contributed by atoms with Gasteiger partial charge in [-0.1, -0.05) is 25.1 Å². The second-order valence-corrected chi connectivity index (χ2v) is 6.19. The molecule has 0 aliphatic carbocycles. The van der Waals surface area contributed by atoms with Gasteiger partial charge in [-0.2, -0.15) is 0 Å². The average Bonchev–Trinajstić information content (AvgIpc) is 2.57. The normalized spacial score (nSPS) is 17.8. The molecule has 1 saturated heterocycles. The molecule has 0 saturated carbocycles. The number of methoxy groups -OCH3 is 1. The standard InChI is InChI=1S/C18H29N3O2/c1-3-15(14-23-2)19-17-9-11-21(12-10-17)13-18(22)20-16-7-5-4-6-8-16/h4-8,15,17,19H,3,9-14H2,1-2H3,(H,20,22)/t15-/m1/s1. The topological polar surface area (TPSA) is 53.6 Å². The molecule has 23 heavy (non-hydrogen) atoms. The van der Waals surface area contributed by atoms with Gasteiger partial charge >= 0.3 is 0 Å². The summed E-state index contributed by atoms with van der Waals surface area (Å²) in [6.45, 7) is 5.33. The summed E-state index contributed by atoms with van der Waals surface area (Å²) in [6.07, 6.45) is 3.24. The van der Waals surface area contributed by atoms with Gasteiger partial charge in [0.25, 0.3) is 0 Å². The quantitative estimate of drug-likeness (QED) is 0.770. The van der Waals surface area contributed by atoms with Crippen LogP contribution < -0.4 is 10.6 Å². The van der Waals surface area contributed by atoms with Crippen molar-refractivity contribution in [1.82, 2.24) is 10.2 Å². The highest BCUT2D eigenvalue weighted by Crippen LogP contribution is 2.12. The van der Waals surface area contributed by atoms with Crippen molar-refractivity contribution >= 4 is 11.6 Å². The number of likely N-dealkylation sites (tertiary alicyclic amines) is 1. The van der Waals surface area contributed by atoms with Crippen molar-refractivity contribution in [3.63, 3.8) is 0 Å². The van der Waals surface area contributed by atoms with Crippen molar-refractivity contribution in [2.45, 2.75) is 38.3 Å². The fourth-order valence-corrected chi connectivity index (χ4v) is 3.00. The molecule has 1 aliphatic rings. The highest BCUT2D eigenvalue weighted by molar-refractivity contribution is 5.92. The second-order valence-electron chi connectivity index (χ2n) is 6.19. The first-order chi connectivity index (χ1) is 11.2. The molecule has 5 heteroatoms. The molecule has 5 nitrogen and oxygen atoms in total. The van der Waals surface area contributed by atoms with Crippen molar-refractivity contribution in [2.75, 3.05) is 38.7 Å². The van der Waals surface area contributed by atoms with Crippen LogP contribution in [0.15, 0.2) is 30.3 Å². The molecule has 1 heterocycles. The van der Waals surface area contributed by atoms with Crippen LogP contribution in [0.2, 0.25) is 0 Å². The summed E-state index contributed by atoms with van der Waals surface area (Å²) in [7, 11) is 1.75. The summed E-state index contributed by atoms with van der Waals surface area (Å²) in [4.78, 5) is 14.3. The minimum atomic E-state index is 0.0634. The molecule has 1 atom stereocenters. The highest BCUT2D eigenvalue weighted by Gasteiger charge is 2.22. The number of carbonyl (C=O) groups is 1. The zero-order valence-corrected chi connectivity index (χ0v) is 14.3. The fourth-order valence-electron chi connectivity index (χ4n) is 3.00. The van der Waals surface area contributed by atoms with Crippen molar-refractivity contribution < 1.29 is 9.53 Å². The lowest BCUT2D eigenvalue weighted by Gasteiger charge is -2.34. The molecule has 0 bridgehead atoms. The van der Waals surface area contributed by atoms with Crippen LogP contribution in [0.1, 0.15) is 26.2 Å². The van der Waals surface area contributed by atoms with E-state index >= 15 is 0 Å². The van der Waals surface area contributed by atoms with E-state index < -0.39 is 0 Å². The average molecular weight is 319 g/mol. The number of para-hydroxylation sites is 1. The van der Waals surface area contributed by atoms with E-state index in [1.807, 2.05) is 30.3 Å². The van der Waals surface area contributed by atoms with E-state index in [-0.39, 0.29) is 5.91 Å². The lowest BCUT2D eigenvalue weighted by Crippen LogP contribution is -2.48. The first kappa shape index (κ1) is 17.9. The first-order valence-electron chi connectivity index (χ1n) is 8.53. The lowest BCUT2D eigenvalue weighted by molar-refractivity contribution is -0.117. The first-order valence-corrected chi connectivity index (χ1v) is 8.53. The largest absolute Gasteiger partial charge is 0.383 e. The van der Waals surface area contributed by atoms with Gasteiger partial charge in [0.05, 0.1) is 13.2 Å². The third kappa shape index (κ3) is 6.29. The minimum Gasteiger partial charge on any atom is -0.383 e. The Hall–Kier alpha value is -1.43. The van der Waals surface area contributed by atoms with E-state index in [0.29, 0.717) is 18.6 Å². The maximum atomic E-state index is 12.1. The molecular formula is C18H29N3O2. The second kappa shape index (κ2) is 9.65. The number of piperidine rings is 1. The number of ether oxygens (including phenoxy) is 1. The number of hydrogen-bond acceptors (Lipinski definition) is 4. The van der Waals surface area contributed by atoms with Crippen LogP contribution in [0.25, 0.3) is 0 Å². The Morgan fingerprint density at radius 2 is 2.00 bits per heavy atom. The molecule has 2 N–H and O–H groups in total. The van der Waals surface area contributed by atoms with Crippen LogP contribution in [0.4, 0.5) is 5.69 Å². The number of anilines is 1. The maximum Gasteiger partial charge on any atom is 0.238 e. The van der Waals surface area contributed by atoms with Gasteiger partial charge in [0.15, 0.2) is 0 Å². The molecule has 1 aliphatic heterocycles. The molecule has 0 spiro atoms. The van der Waals surface area contributed by atoms with Crippen molar-refractivity contribution in [3.8, 4) is 0 Å². The maximum absolute atomic E-state index is 12.1. The number of rotatable bonds is 8. The van der Waals surface area contributed by atoms with Crippen molar-refractivity contribution in [1.29, 1.82) is 0 Å². The van der Waals surface area contributed by atoms with Gasteiger partial charge in [0, 0.05) is 38.0 Å². The summed E-state index contributed by atoms with van der Waals surface area (Å²) in [6, 6.07) is 10.6. The fraction of sp³-hybridized carbons (Fsp3) is 0.611. The predicted octanol–water partition coefficient (Wildman–Crippen LogP) is 2.10. The third-order valence-electron chi connectivity index (χ3n) is 4.34. The minimum absolute atomic E-state index is 0.0634. The summed E-state index contributed by atoms with van der Waals surface area (Å²) in [5.41, 5.74) is 0.861. The number of benzene rings is 1. The summed E-state index contributed by atoms with van der Waals surface area (Å²) < 4.78 is 5.24. The van der Waals surface area contributed by atoms with Crippen molar-refractivity contribution in [2.24, 2.45) is 0 Å². The Morgan fingerprint density at radius 3 is 2.61 bits per heavy atom. The number of nitrogens with one attached hydrogen (secondary N) is 2. The summed E-state index contributed by atoms with van der Waals surface area (Å²) in [5.74, 6) is 0.0634. The van der Waals surface area contributed by atoms with E-state index in [1.165, 1.54) is 0 Å². The highest BCUT2D eigenvalue weighted by atomic mass is 16.5. The summed E-state index contributed by atoms with van der Waals surface area (Å²) >= 11 is 0. The molecule has 1 amide bonds. The van der Waals surface area contributed by atoms with Crippen LogP contribution in [0, 0.1) is 0 Å². The van der Waals surface area contributed by atoms with Gasteiger partial charge < -0.3 is 15.4 Å². The SMILES string of the molecule is CC[C@H](COC)NC1CCN(CC(=O)Nc2ccccc2)CC1. The Bertz CT molecular complexity index is 459. The van der Waals surface area contributed by atoms with Crippen LogP contribution in [-0.2, 0) is 9.53 Å². The molecule has 1 fully saturated rings. The predicted molar refractivity (Wildman–Crippen MR) is 93.6 cm³/mol. The monoisotopic (exact) mass is 319 g/mol. The Morgan fingerprint density at radius 1 is 1.30 bits per heavy atom. The molecule has 2 rings (SSSR count). The number of nitrogens with zero attached hydrogens (tertiary/aromatic N) is 1. The Kier molecular flexibility index (Phi) is 7.52. The van der Waals surface area contributed by atoms with Crippen LogP contribution in [-0.4, -0.2) is 56.2 Å². The summed E-state index contributed by atoms with van der Waals surface area (Å²) in [5, 5.41) is 6.61. The van der Waals surface area contributed by atoms with Crippen LogP contribution >= 0.6 is 0 Å². The van der Waals surface area contributed by atoms with Crippen LogP contribution in [0.3, 0.4) is 0 Å². The van der Waals surface area contributed by atoms with Gasteiger partial charge in [0.1, 0.15) is 0 Å². The van der Waals surface area contributed by atoms with E-state index in [9.17, 15) is 4.79 Å². The van der Waals surface area contributed by atoms with E-state index in [2.05, 4.69) is 22.5 Å². The van der Waals surface area contributed by atoms with Crippen LogP contribution in [0.5, 0.6) is 0 Å². The van der Waals surface area contributed by atoms with Gasteiger partial charge in [-0.25, -0.2) is 0 Å². The molecule has 1 aromatic rings. The zero-order valence-electron chi connectivity index (χ0n) is 14.3. The Balaban J connectivity index is 1.69. The molecule has 1 aromatic carbocycles. The third-order valence-corrected chi connectivity index (χ3v) is 4.34. The lowest BCUT2D eigenvalue weighted by atomic mass is 10.0. The number of hydrogen-bond donors (Lipinski definition) is 2. The Labute approximate surface area is 139 Å². The van der Waals surface area contributed by atoms with Gasteiger partial charge in [-0.15, -0.1) is 0 Å². The number of carbonyl (C=O) groups excluding carboxylic acids is 1. The molecule has 0 radical (unpaired) electrons. The smallest absolute Gasteiger partial charge is 0.238 e.